The molecule has 1 aromatic heterocycles. The summed E-state index contributed by atoms with van der Waals surface area (Å²) in [6.07, 6.45) is 1.46. The van der Waals surface area contributed by atoms with Crippen LogP contribution in [0, 0.1) is 0 Å². The first-order valence-electron chi connectivity index (χ1n) is 6.16. The van der Waals surface area contributed by atoms with E-state index < -0.39 is 0 Å². The molecule has 0 saturated carbocycles. The largest absolute Gasteiger partial charge is 0.382 e. The number of rotatable bonds is 1. The number of carbonyl (C=O) groups excluding carboxylic acids is 1. The minimum atomic E-state index is -0.349. The highest BCUT2D eigenvalue weighted by molar-refractivity contribution is 6.33. The van der Waals surface area contributed by atoms with E-state index in [1.165, 1.54) is 6.20 Å². The van der Waals surface area contributed by atoms with Crippen molar-refractivity contribution in [1.82, 2.24) is 9.88 Å². The number of nitrogen functional groups attached to an aromatic ring is 1. The van der Waals surface area contributed by atoms with Gasteiger partial charge in [-0.05, 0) is 26.8 Å². The Morgan fingerprint density at radius 1 is 1.63 bits per heavy atom. The van der Waals surface area contributed by atoms with E-state index in [1.54, 1.807) is 11.0 Å². The number of halogens is 1. The molecule has 1 unspecified atom stereocenters. The zero-order chi connectivity index (χ0) is 14.2. The van der Waals surface area contributed by atoms with Crippen molar-refractivity contribution >= 4 is 23.3 Å². The fourth-order valence-corrected chi connectivity index (χ4v) is 2.52. The number of amides is 1. The summed E-state index contributed by atoms with van der Waals surface area (Å²) in [5.74, 6) is 0.131. The van der Waals surface area contributed by atoms with Gasteiger partial charge in [0.15, 0.2) is 0 Å². The van der Waals surface area contributed by atoms with Gasteiger partial charge < -0.3 is 15.4 Å². The number of hydrogen-bond acceptors (Lipinski definition) is 4. The minimum absolute atomic E-state index is 0.00455. The van der Waals surface area contributed by atoms with Crippen LogP contribution in [0.3, 0.4) is 0 Å². The van der Waals surface area contributed by atoms with Gasteiger partial charge >= 0.3 is 0 Å². The summed E-state index contributed by atoms with van der Waals surface area (Å²) in [4.78, 5) is 18.1. The van der Waals surface area contributed by atoms with Crippen molar-refractivity contribution in [3.63, 3.8) is 0 Å². The van der Waals surface area contributed by atoms with Crippen molar-refractivity contribution < 1.29 is 9.53 Å². The number of anilines is 1. The minimum Gasteiger partial charge on any atom is -0.382 e. The van der Waals surface area contributed by atoms with Crippen LogP contribution in [0.25, 0.3) is 0 Å². The Bertz CT molecular complexity index is 505. The molecule has 1 amide bonds. The molecule has 0 radical (unpaired) electrons. The van der Waals surface area contributed by atoms with Crippen LogP contribution in [0.5, 0.6) is 0 Å². The average molecular weight is 284 g/mol. The number of carbonyl (C=O) groups is 1. The van der Waals surface area contributed by atoms with Crippen LogP contribution >= 0.6 is 11.6 Å². The van der Waals surface area contributed by atoms with Crippen LogP contribution in [0.1, 0.15) is 31.1 Å². The molecular weight excluding hydrogens is 266 g/mol. The fourth-order valence-electron chi connectivity index (χ4n) is 2.36. The molecule has 1 saturated heterocycles. The Hall–Kier alpha value is -1.33. The van der Waals surface area contributed by atoms with E-state index >= 15 is 0 Å². The molecule has 1 fully saturated rings. The zero-order valence-electron chi connectivity index (χ0n) is 11.3. The summed E-state index contributed by atoms with van der Waals surface area (Å²) in [5.41, 5.74) is 5.64. The van der Waals surface area contributed by atoms with Crippen LogP contribution < -0.4 is 5.73 Å². The van der Waals surface area contributed by atoms with Gasteiger partial charge in [-0.25, -0.2) is 4.98 Å². The third-order valence-electron chi connectivity index (χ3n) is 2.97. The average Bonchev–Trinajstić information content (AvgIpc) is 2.29. The molecule has 2 rings (SSSR count). The highest BCUT2D eigenvalue weighted by Gasteiger charge is 2.34. The lowest BCUT2D eigenvalue weighted by molar-refractivity contribution is -0.118. The summed E-state index contributed by atoms with van der Waals surface area (Å²) in [7, 11) is 0. The molecule has 1 aliphatic heterocycles. The van der Waals surface area contributed by atoms with Gasteiger partial charge in [0.05, 0.1) is 22.3 Å². The van der Waals surface area contributed by atoms with Gasteiger partial charge in [0, 0.05) is 19.3 Å². The van der Waals surface area contributed by atoms with Gasteiger partial charge in [0.25, 0.3) is 5.91 Å². The molecular formula is C13H18ClN3O2. The molecule has 0 bridgehead atoms. The van der Waals surface area contributed by atoms with Crippen LogP contribution in [0.15, 0.2) is 12.3 Å². The van der Waals surface area contributed by atoms with Crippen molar-refractivity contribution in [2.45, 2.75) is 32.5 Å². The highest BCUT2D eigenvalue weighted by atomic mass is 35.5. The smallest absolute Gasteiger partial charge is 0.255 e. The van der Waals surface area contributed by atoms with Gasteiger partial charge in [-0.3, -0.25) is 4.79 Å². The summed E-state index contributed by atoms with van der Waals surface area (Å²) in [6, 6.07) is 1.55. The molecule has 104 valence electrons. The molecule has 0 aliphatic carbocycles. The lowest BCUT2D eigenvalue weighted by atomic mass is 10.0. The fraction of sp³-hybridized carbons (Fsp3) is 0.538. The van der Waals surface area contributed by atoms with Crippen molar-refractivity contribution in [3.05, 3.63) is 22.8 Å². The monoisotopic (exact) mass is 283 g/mol. The summed E-state index contributed by atoms with van der Waals surface area (Å²) in [5, 5.41) is 0.298. The Labute approximate surface area is 117 Å². The van der Waals surface area contributed by atoms with Crippen LogP contribution in [0.2, 0.25) is 5.02 Å². The predicted molar refractivity (Wildman–Crippen MR) is 74.2 cm³/mol. The molecule has 5 nitrogen and oxygen atoms in total. The maximum Gasteiger partial charge on any atom is 0.255 e. The first kappa shape index (κ1) is 14.1. The number of nitrogens with two attached hydrogens (primary N) is 1. The molecule has 19 heavy (non-hydrogen) atoms. The van der Waals surface area contributed by atoms with E-state index in [-0.39, 0.29) is 23.4 Å². The first-order valence-corrected chi connectivity index (χ1v) is 6.54. The Morgan fingerprint density at radius 3 is 2.89 bits per heavy atom. The lowest BCUT2D eigenvalue weighted by Gasteiger charge is -2.41. The van der Waals surface area contributed by atoms with Gasteiger partial charge in [0.2, 0.25) is 0 Å². The van der Waals surface area contributed by atoms with Crippen molar-refractivity contribution in [1.29, 1.82) is 0 Å². The Morgan fingerprint density at radius 2 is 2.32 bits per heavy atom. The van der Waals surface area contributed by atoms with Crippen molar-refractivity contribution in [3.8, 4) is 0 Å². The third-order valence-corrected chi connectivity index (χ3v) is 3.28. The summed E-state index contributed by atoms with van der Waals surface area (Å²) < 4.78 is 5.78. The second kappa shape index (κ2) is 4.98. The maximum absolute atomic E-state index is 12.4. The number of morpholine rings is 1. The van der Waals surface area contributed by atoms with Gasteiger partial charge in [0.1, 0.15) is 5.82 Å². The third kappa shape index (κ3) is 3.16. The second-order valence-corrected chi connectivity index (χ2v) is 5.87. The predicted octanol–water partition coefficient (Wildman–Crippen LogP) is 1.96. The lowest BCUT2D eigenvalue weighted by Crippen LogP contribution is -2.53. The van der Waals surface area contributed by atoms with E-state index in [0.717, 1.165) is 0 Å². The highest BCUT2D eigenvalue weighted by Crippen LogP contribution is 2.23. The topological polar surface area (TPSA) is 68.5 Å². The van der Waals surface area contributed by atoms with E-state index in [9.17, 15) is 4.79 Å². The second-order valence-electron chi connectivity index (χ2n) is 5.46. The molecule has 0 aromatic carbocycles. The maximum atomic E-state index is 12.4. The van der Waals surface area contributed by atoms with Crippen molar-refractivity contribution in [2.24, 2.45) is 0 Å². The standard InChI is InChI=1S/C13H18ClN3O2/c1-8-6-17(7-13(2,3)19-8)12(18)9-4-10(14)11(15)16-5-9/h4-5,8H,6-7H2,1-3H3,(H2,15,16). The zero-order valence-corrected chi connectivity index (χ0v) is 12.1. The molecule has 6 heteroatoms. The van der Waals surface area contributed by atoms with Crippen LogP contribution in [-0.4, -0.2) is 40.6 Å². The molecule has 1 aliphatic rings. The number of hydrogen-bond donors (Lipinski definition) is 1. The number of ether oxygens (including phenoxy) is 1. The number of nitrogens with zero attached hydrogens (tertiary/aromatic N) is 2. The summed E-state index contributed by atoms with van der Waals surface area (Å²) >= 11 is 5.90. The van der Waals surface area contributed by atoms with Crippen molar-refractivity contribution in [2.75, 3.05) is 18.8 Å². The van der Waals surface area contributed by atoms with Gasteiger partial charge in [-0.15, -0.1) is 0 Å². The molecule has 1 aromatic rings. The van der Waals surface area contributed by atoms with E-state index in [4.69, 9.17) is 22.1 Å². The molecule has 2 heterocycles. The quantitative estimate of drug-likeness (QED) is 0.855. The van der Waals surface area contributed by atoms with E-state index in [1.807, 2.05) is 20.8 Å². The van der Waals surface area contributed by atoms with Crippen LogP contribution in [0.4, 0.5) is 5.82 Å². The SMILES string of the molecule is CC1CN(C(=O)c2cnc(N)c(Cl)c2)CC(C)(C)O1. The molecule has 1 atom stereocenters. The number of pyridine rings is 1. The van der Waals surface area contributed by atoms with E-state index in [0.29, 0.717) is 23.7 Å². The molecule has 0 spiro atoms. The van der Waals surface area contributed by atoms with E-state index in [2.05, 4.69) is 4.98 Å². The Kier molecular flexibility index (Phi) is 3.69. The first-order chi connectivity index (χ1) is 8.78. The number of aromatic nitrogens is 1. The van der Waals surface area contributed by atoms with Gasteiger partial charge in [-0.1, -0.05) is 11.6 Å². The molecule has 2 N–H and O–H groups in total. The van der Waals surface area contributed by atoms with Gasteiger partial charge in [-0.2, -0.15) is 0 Å². The summed E-state index contributed by atoms with van der Waals surface area (Å²) in [6.45, 7) is 6.99. The van der Waals surface area contributed by atoms with Crippen LogP contribution in [-0.2, 0) is 4.74 Å². The Balaban J connectivity index is 2.21. The normalized spacial score (nSPS) is 22.3.